The highest BCUT2D eigenvalue weighted by Crippen LogP contribution is 2.41. The third-order valence-corrected chi connectivity index (χ3v) is 6.38. The van der Waals surface area contributed by atoms with Gasteiger partial charge in [0.25, 0.3) is 0 Å². The third kappa shape index (κ3) is 4.37. The first-order valence-electron chi connectivity index (χ1n) is 10.7. The molecular formula is C23H22N8O2S. The molecule has 0 aliphatic heterocycles. The minimum absolute atomic E-state index is 0.536. The molecule has 5 rings (SSSR count). The maximum atomic E-state index is 5.78. The molecule has 2 N–H and O–H groups in total. The number of fused-ring (bicyclic) bond motifs is 1. The van der Waals surface area contributed by atoms with Crippen LogP contribution in [0.5, 0.6) is 11.5 Å². The van der Waals surface area contributed by atoms with E-state index in [0.717, 1.165) is 49.9 Å². The van der Waals surface area contributed by atoms with E-state index in [4.69, 9.17) is 9.47 Å². The van der Waals surface area contributed by atoms with Crippen LogP contribution in [0.1, 0.15) is 12.5 Å². The molecule has 5 aromatic rings. The van der Waals surface area contributed by atoms with E-state index >= 15 is 0 Å². The zero-order chi connectivity index (χ0) is 23.3. The quantitative estimate of drug-likeness (QED) is 0.326. The van der Waals surface area contributed by atoms with E-state index in [0.29, 0.717) is 24.7 Å². The van der Waals surface area contributed by atoms with E-state index in [-0.39, 0.29) is 0 Å². The lowest BCUT2D eigenvalue weighted by Crippen LogP contribution is -2.08. The molecule has 10 nitrogen and oxygen atoms in total. The van der Waals surface area contributed by atoms with Crippen LogP contribution in [0.4, 0.5) is 5.82 Å². The molecule has 1 aromatic carbocycles. The van der Waals surface area contributed by atoms with Gasteiger partial charge in [0.2, 0.25) is 0 Å². The van der Waals surface area contributed by atoms with Gasteiger partial charge in [-0.1, -0.05) is 6.07 Å². The topological polar surface area (TPSA) is 124 Å². The maximum absolute atomic E-state index is 5.78. The Morgan fingerprint density at radius 2 is 2.03 bits per heavy atom. The van der Waals surface area contributed by atoms with Gasteiger partial charge in [-0.2, -0.15) is 0 Å². The number of H-pyrrole nitrogens is 1. The Balaban J connectivity index is 1.35. The summed E-state index contributed by atoms with van der Waals surface area (Å²) in [5.41, 5.74) is 2.84. The zero-order valence-corrected chi connectivity index (χ0v) is 19.5. The van der Waals surface area contributed by atoms with Gasteiger partial charge >= 0.3 is 0 Å². The number of methoxy groups -OCH3 is 1. The Bertz CT molecular complexity index is 1400. The highest BCUT2D eigenvalue weighted by atomic mass is 32.1. The van der Waals surface area contributed by atoms with Crippen molar-refractivity contribution >= 4 is 28.1 Å². The fraction of sp³-hybridized carbons (Fsp3) is 0.217. The first kappa shape index (κ1) is 21.7. The van der Waals surface area contributed by atoms with Crippen molar-refractivity contribution in [2.75, 3.05) is 25.6 Å². The van der Waals surface area contributed by atoms with Crippen molar-refractivity contribution in [3.63, 3.8) is 0 Å². The Morgan fingerprint density at radius 1 is 1.09 bits per heavy atom. The highest BCUT2D eigenvalue weighted by molar-refractivity contribution is 7.19. The lowest BCUT2D eigenvalue weighted by Gasteiger charge is -2.12. The van der Waals surface area contributed by atoms with E-state index < -0.39 is 0 Å². The minimum Gasteiger partial charge on any atom is -0.496 e. The normalized spacial score (nSPS) is 11.0. The van der Waals surface area contributed by atoms with Crippen LogP contribution in [-0.4, -0.2) is 55.8 Å². The van der Waals surface area contributed by atoms with E-state index in [1.807, 2.05) is 37.3 Å². The lowest BCUT2D eigenvalue weighted by molar-refractivity contribution is 0.343. The van der Waals surface area contributed by atoms with Crippen molar-refractivity contribution in [2.45, 2.75) is 13.3 Å². The summed E-state index contributed by atoms with van der Waals surface area (Å²) in [6.07, 6.45) is 4.10. The number of aromatic amines is 1. The number of benzene rings is 1. The number of hydrogen-bond acceptors (Lipinski definition) is 10. The maximum Gasteiger partial charge on any atom is 0.193 e. The van der Waals surface area contributed by atoms with Gasteiger partial charge in [-0.05, 0) is 42.0 Å². The summed E-state index contributed by atoms with van der Waals surface area (Å²) in [4.78, 5) is 15.0. The second-order valence-electron chi connectivity index (χ2n) is 7.27. The van der Waals surface area contributed by atoms with Crippen molar-refractivity contribution < 1.29 is 9.47 Å². The zero-order valence-electron chi connectivity index (χ0n) is 18.6. The number of aromatic nitrogens is 7. The molecule has 0 saturated carbocycles. The first-order chi connectivity index (χ1) is 16.8. The van der Waals surface area contributed by atoms with Crippen molar-refractivity contribution in [2.24, 2.45) is 0 Å². The van der Waals surface area contributed by atoms with Crippen LogP contribution < -0.4 is 14.8 Å². The van der Waals surface area contributed by atoms with E-state index in [1.54, 1.807) is 19.6 Å². The minimum atomic E-state index is 0.536. The van der Waals surface area contributed by atoms with Gasteiger partial charge in [0.1, 0.15) is 28.5 Å². The van der Waals surface area contributed by atoms with Crippen molar-refractivity contribution in [3.05, 3.63) is 54.5 Å². The monoisotopic (exact) mass is 474 g/mol. The lowest BCUT2D eigenvalue weighted by atomic mass is 10.0. The molecule has 0 unspecified atom stereocenters. The smallest absolute Gasteiger partial charge is 0.193 e. The Kier molecular flexibility index (Phi) is 6.25. The summed E-state index contributed by atoms with van der Waals surface area (Å²) in [7, 11) is 1.69. The van der Waals surface area contributed by atoms with Crippen LogP contribution >= 0.6 is 11.3 Å². The molecule has 0 aliphatic rings. The molecule has 4 heterocycles. The largest absolute Gasteiger partial charge is 0.496 e. The van der Waals surface area contributed by atoms with Gasteiger partial charge < -0.3 is 14.8 Å². The average molecular weight is 475 g/mol. The molecule has 11 heteroatoms. The molecule has 0 bridgehead atoms. The average Bonchev–Trinajstić information content (AvgIpc) is 3.55. The predicted octanol–water partition coefficient (Wildman–Crippen LogP) is 4.00. The van der Waals surface area contributed by atoms with Crippen LogP contribution in [-0.2, 0) is 6.42 Å². The molecule has 4 aromatic heterocycles. The Labute approximate surface area is 199 Å². The Hall–Kier alpha value is -4.12. The molecule has 0 radical (unpaired) electrons. The van der Waals surface area contributed by atoms with Crippen molar-refractivity contribution in [1.82, 2.24) is 35.6 Å². The molecule has 0 fully saturated rings. The summed E-state index contributed by atoms with van der Waals surface area (Å²) in [5, 5.41) is 18.6. The number of ether oxygens (including phenoxy) is 2. The van der Waals surface area contributed by atoms with Crippen LogP contribution in [0.15, 0.2) is 48.9 Å². The standard InChI is InChI=1S/C23H22N8O2S/c1-3-33-19-12-20(34-22(19)23-28-30-31-29-23)17-11-21(27-13-26-17)25-10-8-15-14-5-4-9-24-16(14)6-7-18(15)32-2/h4-7,9,11-13H,3,8,10H2,1-2H3,(H,25,26,27)(H,28,29,30,31). The SMILES string of the molecule is CCOc1cc(-c2cc(NCCc3c(OC)ccc4ncccc34)ncn2)sc1-c1nnn[nH]1. The van der Waals surface area contributed by atoms with Gasteiger partial charge in [0, 0.05) is 35.8 Å². The number of nitrogens with zero attached hydrogens (tertiary/aromatic N) is 6. The van der Waals surface area contributed by atoms with Crippen LogP contribution in [0.3, 0.4) is 0 Å². The number of rotatable bonds is 9. The number of nitrogens with one attached hydrogen (secondary N) is 2. The summed E-state index contributed by atoms with van der Waals surface area (Å²) < 4.78 is 11.4. The van der Waals surface area contributed by atoms with Gasteiger partial charge in [-0.15, -0.1) is 16.4 Å². The second-order valence-corrected chi connectivity index (χ2v) is 8.32. The number of thiophene rings is 1. The number of anilines is 1. The number of tetrazole rings is 1. The summed E-state index contributed by atoms with van der Waals surface area (Å²) >= 11 is 1.51. The van der Waals surface area contributed by atoms with Gasteiger partial charge in [0.15, 0.2) is 5.82 Å². The van der Waals surface area contributed by atoms with Crippen molar-refractivity contribution in [3.8, 4) is 32.8 Å². The molecular weight excluding hydrogens is 452 g/mol. The summed E-state index contributed by atoms with van der Waals surface area (Å²) in [5.74, 6) is 2.86. The van der Waals surface area contributed by atoms with E-state index in [9.17, 15) is 0 Å². The highest BCUT2D eigenvalue weighted by Gasteiger charge is 2.17. The molecule has 0 atom stereocenters. The molecule has 0 spiro atoms. The molecule has 34 heavy (non-hydrogen) atoms. The van der Waals surface area contributed by atoms with Gasteiger partial charge in [0.05, 0.1) is 29.8 Å². The second kappa shape index (κ2) is 9.79. The van der Waals surface area contributed by atoms with Gasteiger partial charge in [-0.25, -0.2) is 15.1 Å². The molecule has 172 valence electrons. The number of hydrogen-bond donors (Lipinski definition) is 2. The fourth-order valence-corrected chi connectivity index (χ4v) is 4.73. The third-order valence-electron chi connectivity index (χ3n) is 5.23. The van der Waals surface area contributed by atoms with E-state index in [1.165, 1.54) is 11.3 Å². The molecule has 0 amide bonds. The summed E-state index contributed by atoms with van der Waals surface area (Å²) in [6.45, 7) is 3.15. The summed E-state index contributed by atoms with van der Waals surface area (Å²) in [6, 6.07) is 11.8. The van der Waals surface area contributed by atoms with E-state index in [2.05, 4.69) is 47.0 Å². The van der Waals surface area contributed by atoms with Crippen LogP contribution in [0, 0.1) is 0 Å². The van der Waals surface area contributed by atoms with Crippen molar-refractivity contribution in [1.29, 1.82) is 0 Å². The van der Waals surface area contributed by atoms with Gasteiger partial charge in [-0.3, -0.25) is 4.98 Å². The van der Waals surface area contributed by atoms with Crippen LogP contribution in [0.2, 0.25) is 0 Å². The predicted molar refractivity (Wildman–Crippen MR) is 130 cm³/mol. The number of pyridine rings is 1. The van der Waals surface area contributed by atoms with Crippen LogP contribution in [0.25, 0.3) is 32.2 Å². The Morgan fingerprint density at radius 3 is 2.85 bits per heavy atom. The molecule has 0 saturated heterocycles. The fourth-order valence-electron chi connectivity index (χ4n) is 3.73. The molecule has 0 aliphatic carbocycles. The first-order valence-corrected chi connectivity index (χ1v) is 11.6.